The van der Waals surface area contributed by atoms with Gasteiger partial charge in [0.2, 0.25) is 11.8 Å². The van der Waals surface area contributed by atoms with Crippen molar-refractivity contribution in [2.24, 2.45) is 5.84 Å². The van der Waals surface area contributed by atoms with Crippen molar-refractivity contribution in [3.8, 4) is 5.88 Å². The van der Waals surface area contributed by atoms with Crippen LogP contribution in [0.2, 0.25) is 0 Å². The highest BCUT2D eigenvalue weighted by atomic mass is 32.1. The highest BCUT2D eigenvalue weighted by Crippen LogP contribution is 2.32. The Hall–Kier alpha value is -1.40. The maximum atomic E-state index is 5.93. The molecule has 2 aromatic rings. The lowest BCUT2D eigenvalue weighted by Crippen LogP contribution is -2.15. The second-order valence-electron chi connectivity index (χ2n) is 4.50. The van der Waals surface area contributed by atoms with E-state index in [0.29, 0.717) is 11.8 Å². The molecule has 0 saturated carbocycles. The number of aryl methyl sites for hydroxylation is 1. The van der Waals surface area contributed by atoms with E-state index in [1.807, 2.05) is 0 Å². The molecular formula is C13H20N4OS. The first kappa shape index (κ1) is 14.0. The molecule has 0 aromatic carbocycles. The third-order valence-corrected chi connectivity index (χ3v) is 4.07. The van der Waals surface area contributed by atoms with Crippen LogP contribution in [0.3, 0.4) is 0 Å². The molecule has 6 heteroatoms. The van der Waals surface area contributed by atoms with Crippen LogP contribution in [0.25, 0.3) is 10.2 Å². The highest BCUT2D eigenvalue weighted by Gasteiger charge is 2.14. The second-order valence-corrected chi connectivity index (χ2v) is 5.61. The summed E-state index contributed by atoms with van der Waals surface area (Å²) in [4.78, 5) is 10.9. The minimum absolute atomic E-state index is 0.138. The van der Waals surface area contributed by atoms with Crippen LogP contribution in [0.4, 0.5) is 5.95 Å². The lowest BCUT2D eigenvalue weighted by atomic mass is 10.2. The van der Waals surface area contributed by atoms with Gasteiger partial charge < -0.3 is 4.74 Å². The molecular weight excluding hydrogens is 260 g/mol. The summed E-state index contributed by atoms with van der Waals surface area (Å²) < 4.78 is 5.93. The molecule has 19 heavy (non-hydrogen) atoms. The van der Waals surface area contributed by atoms with Gasteiger partial charge in [0.05, 0.1) is 11.5 Å². The quantitative estimate of drug-likeness (QED) is 0.628. The maximum absolute atomic E-state index is 5.93. The number of aromatic nitrogens is 2. The second kappa shape index (κ2) is 6.16. The summed E-state index contributed by atoms with van der Waals surface area (Å²) in [6.07, 6.45) is 3.21. The Balaban J connectivity index is 2.41. The first-order valence-corrected chi connectivity index (χ1v) is 7.43. The van der Waals surface area contributed by atoms with E-state index in [4.69, 9.17) is 10.6 Å². The van der Waals surface area contributed by atoms with Crippen molar-refractivity contribution in [3.63, 3.8) is 0 Å². The van der Waals surface area contributed by atoms with Crippen LogP contribution >= 0.6 is 11.3 Å². The molecule has 3 N–H and O–H groups in total. The Morgan fingerprint density at radius 2 is 2.21 bits per heavy atom. The number of rotatable bonds is 6. The predicted octanol–water partition coefficient (Wildman–Crippen LogP) is 3.11. The van der Waals surface area contributed by atoms with E-state index >= 15 is 0 Å². The van der Waals surface area contributed by atoms with Gasteiger partial charge >= 0.3 is 0 Å². The number of anilines is 1. The number of nitrogens with one attached hydrogen (secondary N) is 1. The summed E-state index contributed by atoms with van der Waals surface area (Å²) in [7, 11) is 0. The molecule has 2 heterocycles. The summed E-state index contributed by atoms with van der Waals surface area (Å²) >= 11 is 1.65. The average Bonchev–Trinajstić information content (AvgIpc) is 2.82. The lowest BCUT2D eigenvalue weighted by molar-refractivity contribution is 0.204. The largest absolute Gasteiger partial charge is 0.474 e. The van der Waals surface area contributed by atoms with Gasteiger partial charge in [-0.3, -0.25) is 5.43 Å². The van der Waals surface area contributed by atoms with Crippen LogP contribution in [-0.4, -0.2) is 16.1 Å². The molecule has 2 rings (SSSR count). The van der Waals surface area contributed by atoms with Gasteiger partial charge in [-0.2, -0.15) is 4.98 Å². The number of nitrogen functional groups attached to an aromatic ring is 1. The molecule has 104 valence electrons. The highest BCUT2D eigenvalue weighted by molar-refractivity contribution is 7.18. The summed E-state index contributed by atoms with van der Waals surface area (Å²) in [6.45, 7) is 6.32. The molecule has 0 fully saturated rings. The SMILES string of the molecule is CCCC(C)Oc1nc(NN)nc2sc(CC)cc12. The molecule has 1 unspecified atom stereocenters. The van der Waals surface area contributed by atoms with Gasteiger partial charge in [0.15, 0.2) is 0 Å². The van der Waals surface area contributed by atoms with Crippen LogP contribution in [-0.2, 0) is 6.42 Å². The molecule has 0 radical (unpaired) electrons. The van der Waals surface area contributed by atoms with Gasteiger partial charge in [-0.15, -0.1) is 11.3 Å². The molecule has 0 aliphatic heterocycles. The number of nitrogens with zero attached hydrogens (tertiary/aromatic N) is 2. The molecule has 0 bridgehead atoms. The van der Waals surface area contributed by atoms with Crippen molar-refractivity contribution in [2.75, 3.05) is 5.43 Å². The molecule has 1 atom stereocenters. The Labute approximate surface area is 117 Å². The molecule has 0 aliphatic rings. The number of fused-ring (bicyclic) bond motifs is 1. The lowest BCUT2D eigenvalue weighted by Gasteiger charge is -2.14. The van der Waals surface area contributed by atoms with Crippen molar-refractivity contribution < 1.29 is 4.74 Å². The van der Waals surface area contributed by atoms with Crippen LogP contribution < -0.4 is 16.0 Å². The molecule has 5 nitrogen and oxygen atoms in total. The zero-order chi connectivity index (χ0) is 13.8. The van der Waals surface area contributed by atoms with Gasteiger partial charge in [-0.05, 0) is 25.8 Å². The van der Waals surface area contributed by atoms with Crippen LogP contribution in [0, 0.1) is 0 Å². The molecule has 2 aromatic heterocycles. The van der Waals surface area contributed by atoms with Gasteiger partial charge in [0.1, 0.15) is 4.83 Å². The van der Waals surface area contributed by atoms with E-state index in [-0.39, 0.29) is 6.10 Å². The summed E-state index contributed by atoms with van der Waals surface area (Å²) in [5.41, 5.74) is 2.50. The summed E-state index contributed by atoms with van der Waals surface area (Å²) in [5.74, 6) is 6.43. The minimum Gasteiger partial charge on any atom is -0.474 e. The van der Waals surface area contributed by atoms with Gasteiger partial charge in [-0.25, -0.2) is 10.8 Å². The summed E-state index contributed by atoms with van der Waals surface area (Å²) in [6, 6.07) is 2.11. The van der Waals surface area contributed by atoms with Crippen LogP contribution in [0.15, 0.2) is 6.07 Å². The first-order valence-electron chi connectivity index (χ1n) is 6.61. The fourth-order valence-electron chi connectivity index (χ4n) is 1.93. The minimum atomic E-state index is 0.138. The Kier molecular flexibility index (Phi) is 4.55. The van der Waals surface area contributed by atoms with E-state index in [1.54, 1.807) is 11.3 Å². The maximum Gasteiger partial charge on any atom is 0.241 e. The van der Waals surface area contributed by atoms with E-state index in [0.717, 1.165) is 29.5 Å². The van der Waals surface area contributed by atoms with Crippen molar-refractivity contribution >= 4 is 27.5 Å². The van der Waals surface area contributed by atoms with Crippen molar-refractivity contribution in [3.05, 3.63) is 10.9 Å². The number of hydrogen-bond acceptors (Lipinski definition) is 6. The number of hydrogen-bond donors (Lipinski definition) is 2. The van der Waals surface area contributed by atoms with E-state index in [2.05, 4.69) is 42.2 Å². The van der Waals surface area contributed by atoms with E-state index in [9.17, 15) is 0 Å². The van der Waals surface area contributed by atoms with Crippen LogP contribution in [0.5, 0.6) is 5.88 Å². The number of hydrazine groups is 1. The number of ether oxygens (including phenoxy) is 1. The van der Waals surface area contributed by atoms with Crippen LogP contribution in [0.1, 0.15) is 38.5 Å². The number of nitrogens with two attached hydrogens (primary N) is 1. The zero-order valence-corrected chi connectivity index (χ0v) is 12.4. The molecule has 0 spiro atoms. The summed E-state index contributed by atoms with van der Waals surface area (Å²) in [5, 5.41) is 0.976. The number of thiophene rings is 1. The van der Waals surface area contributed by atoms with E-state index in [1.165, 1.54) is 4.88 Å². The first-order chi connectivity index (χ1) is 9.17. The van der Waals surface area contributed by atoms with Gasteiger partial charge in [0, 0.05) is 4.88 Å². The van der Waals surface area contributed by atoms with Crippen molar-refractivity contribution in [2.45, 2.75) is 46.1 Å². The van der Waals surface area contributed by atoms with Gasteiger partial charge in [0.25, 0.3) is 0 Å². The normalized spacial score (nSPS) is 12.6. The van der Waals surface area contributed by atoms with Gasteiger partial charge in [-0.1, -0.05) is 20.3 Å². The van der Waals surface area contributed by atoms with Crippen molar-refractivity contribution in [1.29, 1.82) is 0 Å². The molecule has 0 aliphatic carbocycles. The fourth-order valence-corrected chi connectivity index (χ4v) is 2.89. The predicted molar refractivity (Wildman–Crippen MR) is 79.6 cm³/mol. The Morgan fingerprint density at radius 3 is 2.84 bits per heavy atom. The van der Waals surface area contributed by atoms with Crippen molar-refractivity contribution in [1.82, 2.24) is 9.97 Å². The Bertz CT molecular complexity index is 555. The molecule has 0 amide bonds. The third kappa shape index (κ3) is 3.13. The van der Waals surface area contributed by atoms with E-state index < -0.39 is 0 Å². The zero-order valence-electron chi connectivity index (χ0n) is 11.6. The monoisotopic (exact) mass is 280 g/mol. The smallest absolute Gasteiger partial charge is 0.241 e. The molecule has 0 saturated heterocycles. The third-order valence-electron chi connectivity index (χ3n) is 2.89. The fraction of sp³-hybridized carbons (Fsp3) is 0.538. The standard InChI is InChI=1S/C13H20N4OS/c1-4-6-8(3)18-11-10-7-9(5-2)19-12(10)16-13(15-11)17-14/h7-8H,4-6,14H2,1-3H3,(H,15,16,17). The topological polar surface area (TPSA) is 73.1 Å². The average molecular weight is 280 g/mol. The Morgan fingerprint density at radius 1 is 1.42 bits per heavy atom.